The van der Waals surface area contributed by atoms with Crippen LogP contribution in [0.4, 0.5) is 4.39 Å². The molecule has 2 aliphatic heterocycles. The number of benzene rings is 1. The lowest BCUT2D eigenvalue weighted by molar-refractivity contribution is -0.00598. The van der Waals surface area contributed by atoms with Crippen molar-refractivity contribution in [1.29, 1.82) is 0 Å². The third kappa shape index (κ3) is 2.39. The molecule has 1 fully saturated rings. The van der Waals surface area contributed by atoms with Gasteiger partial charge in [0.15, 0.2) is 0 Å². The van der Waals surface area contributed by atoms with Crippen LogP contribution in [0.25, 0.3) is 0 Å². The number of rotatable bonds is 0. The van der Waals surface area contributed by atoms with Gasteiger partial charge in [-0.25, -0.2) is 4.39 Å². The van der Waals surface area contributed by atoms with Crippen molar-refractivity contribution >= 4 is 12.4 Å². The summed E-state index contributed by atoms with van der Waals surface area (Å²) in [6.45, 7) is 2.17. The zero-order valence-electron chi connectivity index (χ0n) is 9.32. The van der Waals surface area contributed by atoms with Gasteiger partial charge in [0.05, 0.1) is 13.2 Å². The van der Waals surface area contributed by atoms with Crippen LogP contribution in [0.2, 0.25) is 0 Å². The van der Waals surface area contributed by atoms with Gasteiger partial charge in [0.2, 0.25) is 0 Å². The Hall–Kier alpha value is -0.840. The van der Waals surface area contributed by atoms with Gasteiger partial charge in [-0.2, -0.15) is 0 Å². The van der Waals surface area contributed by atoms with E-state index in [0.29, 0.717) is 13.2 Å². The van der Waals surface area contributed by atoms with Gasteiger partial charge >= 0.3 is 0 Å². The molecule has 0 aliphatic carbocycles. The van der Waals surface area contributed by atoms with Gasteiger partial charge in [0, 0.05) is 18.2 Å². The minimum atomic E-state index is -0.239. The first-order valence-corrected chi connectivity index (χ1v) is 5.62. The molecule has 0 radical (unpaired) electrons. The van der Waals surface area contributed by atoms with E-state index in [1.54, 1.807) is 6.07 Å². The minimum absolute atomic E-state index is 0. The number of halogens is 2. The van der Waals surface area contributed by atoms with Crippen molar-refractivity contribution in [3.05, 3.63) is 29.6 Å². The molecule has 0 saturated carbocycles. The second-order valence-corrected chi connectivity index (χ2v) is 4.17. The van der Waals surface area contributed by atoms with Gasteiger partial charge in [0.25, 0.3) is 0 Å². The molecule has 1 saturated heterocycles. The highest BCUT2D eigenvalue weighted by molar-refractivity contribution is 5.85. The molecule has 0 amide bonds. The lowest BCUT2D eigenvalue weighted by atomic mass is 9.99. The Kier molecular flexibility index (Phi) is 3.86. The fraction of sp³-hybridized carbons (Fsp3) is 0.500. The first-order chi connectivity index (χ1) is 7.84. The minimum Gasteiger partial charge on any atom is -0.493 e. The Bertz CT molecular complexity index is 402. The van der Waals surface area contributed by atoms with Crippen LogP contribution in [0.5, 0.6) is 5.75 Å². The second kappa shape index (κ2) is 5.21. The lowest BCUT2D eigenvalue weighted by Gasteiger charge is -2.31. The van der Waals surface area contributed by atoms with E-state index in [2.05, 4.69) is 5.32 Å². The highest BCUT2D eigenvalue weighted by atomic mass is 35.5. The molecule has 2 heterocycles. The monoisotopic (exact) mass is 259 g/mol. The van der Waals surface area contributed by atoms with E-state index < -0.39 is 0 Å². The Morgan fingerprint density at radius 1 is 1.29 bits per heavy atom. The summed E-state index contributed by atoms with van der Waals surface area (Å²) in [5.41, 5.74) is 0.828. The maximum atomic E-state index is 13.3. The molecule has 2 unspecified atom stereocenters. The molecule has 94 valence electrons. The van der Waals surface area contributed by atoms with Crippen LogP contribution in [0.15, 0.2) is 18.2 Å². The number of fused-ring (bicyclic) bond motifs is 3. The zero-order valence-corrected chi connectivity index (χ0v) is 10.1. The number of hydrogen-bond donors (Lipinski definition) is 1. The summed E-state index contributed by atoms with van der Waals surface area (Å²) >= 11 is 0. The summed E-state index contributed by atoms with van der Waals surface area (Å²) in [5, 5.41) is 3.39. The third-order valence-electron chi connectivity index (χ3n) is 3.14. The standard InChI is InChI=1S/C12H14FNO2.ClH/c13-8-1-2-11-9(7-8)12-10(3-5-15-11)14-4-6-16-12;/h1-2,7,10,12,14H,3-6H2;1H. The van der Waals surface area contributed by atoms with E-state index in [1.165, 1.54) is 12.1 Å². The number of ether oxygens (including phenoxy) is 2. The molecular weight excluding hydrogens is 245 g/mol. The molecule has 1 aromatic carbocycles. The largest absolute Gasteiger partial charge is 0.493 e. The predicted molar refractivity (Wildman–Crippen MR) is 64.2 cm³/mol. The van der Waals surface area contributed by atoms with Crippen LogP contribution in [-0.2, 0) is 4.74 Å². The van der Waals surface area contributed by atoms with Crippen LogP contribution in [0.3, 0.4) is 0 Å². The van der Waals surface area contributed by atoms with Crippen LogP contribution in [0, 0.1) is 5.82 Å². The zero-order chi connectivity index (χ0) is 11.0. The fourth-order valence-electron chi connectivity index (χ4n) is 2.38. The van der Waals surface area contributed by atoms with Crippen LogP contribution >= 0.6 is 12.4 Å². The smallest absolute Gasteiger partial charge is 0.125 e. The molecule has 0 aromatic heterocycles. The normalized spacial score (nSPS) is 26.9. The fourth-order valence-corrected chi connectivity index (χ4v) is 2.38. The molecule has 5 heteroatoms. The predicted octanol–water partition coefficient (Wildman–Crippen LogP) is 2.06. The highest BCUT2D eigenvalue weighted by Crippen LogP contribution is 2.35. The molecule has 2 aliphatic rings. The molecule has 0 bridgehead atoms. The number of hydrogen-bond acceptors (Lipinski definition) is 3. The lowest BCUT2D eigenvalue weighted by Crippen LogP contribution is -2.43. The van der Waals surface area contributed by atoms with Gasteiger partial charge < -0.3 is 14.8 Å². The molecule has 1 N–H and O–H groups in total. The van der Waals surface area contributed by atoms with Gasteiger partial charge in [-0.15, -0.1) is 12.4 Å². The maximum Gasteiger partial charge on any atom is 0.125 e. The topological polar surface area (TPSA) is 30.5 Å². The van der Waals surface area contributed by atoms with E-state index in [9.17, 15) is 4.39 Å². The summed E-state index contributed by atoms with van der Waals surface area (Å²) in [5.74, 6) is 0.509. The average Bonchev–Trinajstić information content (AvgIpc) is 2.48. The summed E-state index contributed by atoms with van der Waals surface area (Å²) < 4.78 is 24.6. The molecular formula is C12H15ClFNO2. The first kappa shape index (κ1) is 12.6. The van der Waals surface area contributed by atoms with E-state index in [4.69, 9.17) is 9.47 Å². The molecule has 3 rings (SSSR count). The second-order valence-electron chi connectivity index (χ2n) is 4.17. The van der Waals surface area contributed by atoms with Crippen molar-refractivity contribution in [2.75, 3.05) is 19.8 Å². The highest BCUT2D eigenvalue weighted by Gasteiger charge is 2.31. The van der Waals surface area contributed by atoms with Crippen LogP contribution in [0.1, 0.15) is 18.1 Å². The summed E-state index contributed by atoms with van der Waals surface area (Å²) in [6.07, 6.45) is 0.808. The average molecular weight is 260 g/mol. The number of morpholine rings is 1. The van der Waals surface area contributed by atoms with E-state index >= 15 is 0 Å². The van der Waals surface area contributed by atoms with Gasteiger partial charge in [0.1, 0.15) is 17.7 Å². The van der Waals surface area contributed by atoms with Crippen molar-refractivity contribution in [3.63, 3.8) is 0 Å². The Morgan fingerprint density at radius 3 is 3.06 bits per heavy atom. The van der Waals surface area contributed by atoms with Crippen LogP contribution in [-0.4, -0.2) is 25.8 Å². The Balaban J connectivity index is 0.00000108. The SMILES string of the molecule is Cl.Fc1ccc2c(c1)C1OCCNC1CCO2. The maximum absolute atomic E-state index is 13.3. The Labute approximate surface area is 106 Å². The molecule has 0 spiro atoms. The van der Waals surface area contributed by atoms with Crippen molar-refractivity contribution in [2.45, 2.75) is 18.6 Å². The number of nitrogens with one attached hydrogen (secondary N) is 1. The van der Waals surface area contributed by atoms with Gasteiger partial charge in [-0.3, -0.25) is 0 Å². The third-order valence-corrected chi connectivity index (χ3v) is 3.14. The van der Waals surface area contributed by atoms with Crippen molar-refractivity contribution in [3.8, 4) is 5.75 Å². The van der Waals surface area contributed by atoms with Crippen molar-refractivity contribution < 1.29 is 13.9 Å². The molecule has 3 nitrogen and oxygen atoms in total. The summed E-state index contributed by atoms with van der Waals surface area (Å²) in [7, 11) is 0. The van der Waals surface area contributed by atoms with Gasteiger partial charge in [-0.1, -0.05) is 0 Å². The Morgan fingerprint density at radius 2 is 2.18 bits per heavy atom. The van der Waals surface area contributed by atoms with Crippen molar-refractivity contribution in [1.82, 2.24) is 5.32 Å². The van der Waals surface area contributed by atoms with E-state index in [0.717, 1.165) is 24.3 Å². The van der Waals surface area contributed by atoms with Crippen molar-refractivity contribution in [2.24, 2.45) is 0 Å². The summed E-state index contributed by atoms with van der Waals surface area (Å²) in [4.78, 5) is 0. The first-order valence-electron chi connectivity index (χ1n) is 5.62. The van der Waals surface area contributed by atoms with E-state index in [1.807, 2.05) is 0 Å². The molecule has 1 aromatic rings. The summed E-state index contributed by atoms with van der Waals surface area (Å²) in [6, 6.07) is 4.86. The van der Waals surface area contributed by atoms with Crippen LogP contribution < -0.4 is 10.1 Å². The van der Waals surface area contributed by atoms with Gasteiger partial charge in [-0.05, 0) is 24.6 Å². The molecule has 17 heavy (non-hydrogen) atoms. The van der Waals surface area contributed by atoms with E-state index in [-0.39, 0.29) is 30.4 Å². The quantitative estimate of drug-likeness (QED) is 0.774. The molecule has 2 atom stereocenters.